The number of anilines is 1. The average Bonchev–Trinajstić information content (AvgIpc) is 3.59. The van der Waals surface area contributed by atoms with Gasteiger partial charge in [-0.3, -0.25) is 4.79 Å². The molecule has 7 rings (SSSR count). The first-order valence-corrected chi connectivity index (χ1v) is 11.9. The van der Waals surface area contributed by atoms with Gasteiger partial charge in [-0.15, -0.1) is 0 Å². The SMILES string of the molecule is Cc1cc(NC(=O)c2cc3c(ccc4ccccc43)oc2=O)n(-c2nc3cc4c(cc3s2)OCO4)n1. The van der Waals surface area contributed by atoms with Crippen molar-refractivity contribution in [3.8, 4) is 16.6 Å². The van der Waals surface area contributed by atoms with Crippen LogP contribution >= 0.6 is 11.3 Å². The molecule has 0 spiro atoms. The van der Waals surface area contributed by atoms with Crippen molar-refractivity contribution in [1.29, 1.82) is 0 Å². The zero-order valence-electron chi connectivity index (χ0n) is 18.8. The van der Waals surface area contributed by atoms with Gasteiger partial charge in [0.25, 0.3) is 5.91 Å². The third kappa shape index (κ3) is 3.23. The second-order valence-electron chi connectivity index (χ2n) is 8.35. The van der Waals surface area contributed by atoms with Crippen LogP contribution in [-0.4, -0.2) is 27.5 Å². The number of rotatable bonds is 3. The van der Waals surface area contributed by atoms with Crippen LogP contribution in [0.2, 0.25) is 0 Å². The molecule has 1 aliphatic heterocycles. The van der Waals surface area contributed by atoms with Gasteiger partial charge in [0.2, 0.25) is 11.9 Å². The lowest BCUT2D eigenvalue weighted by atomic mass is 10.0. The van der Waals surface area contributed by atoms with Gasteiger partial charge < -0.3 is 19.2 Å². The highest BCUT2D eigenvalue weighted by Crippen LogP contribution is 2.39. The summed E-state index contributed by atoms with van der Waals surface area (Å²) >= 11 is 1.40. The molecule has 9 nitrogen and oxygen atoms in total. The van der Waals surface area contributed by atoms with E-state index in [9.17, 15) is 9.59 Å². The van der Waals surface area contributed by atoms with Crippen molar-refractivity contribution >= 4 is 55.0 Å². The third-order valence-electron chi connectivity index (χ3n) is 6.01. The van der Waals surface area contributed by atoms with E-state index in [0.29, 0.717) is 39.1 Å². The Morgan fingerprint density at radius 1 is 1.03 bits per heavy atom. The summed E-state index contributed by atoms with van der Waals surface area (Å²) in [5.41, 5.74) is 1.01. The Bertz CT molecular complexity index is 1880. The highest BCUT2D eigenvalue weighted by Gasteiger charge is 2.21. The smallest absolute Gasteiger partial charge is 0.349 e. The van der Waals surface area contributed by atoms with E-state index in [1.165, 1.54) is 11.3 Å². The fraction of sp³-hybridized carbons (Fsp3) is 0.0769. The highest BCUT2D eigenvalue weighted by molar-refractivity contribution is 7.20. The van der Waals surface area contributed by atoms with Crippen LogP contribution in [0.25, 0.3) is 37.1 Å². The summed E-state index contributed by atoms with van der Waals surface area (Å²) in [6.45, 7) is 2.00. The predicted molar refractivity (Wildman–Crippen MR) is 136 cm³/mol. The van der Waals surface area contributed by atoms with E-state index in [0.717, 1.165) is 21.0 Å². The van der Waals surface area contributed by atoms with E-state index in [2.05, 4.69) is 15.4 Å². The molecule has 10 heteroatoms. The molecule has 4 heterocycles. The summed E-state index contributed by atoms with van der Waals surface area (Å²) in [5, 5.41) is 10.4. The second-order valence-corrected chi connectivity index (χ2v) is 9.36. The number of aryl methyl sites for hydroxylation is 1. The lowest BCUT2D eigenvalue weighted by Gasteiger charge is -2.07. The predicted octanol–water partition coefficient (Wildman–Crippen LogP) is 5.03. The number of hydrogen-bond acceptors (Lipinski definition) is 8. The maximum Gasteiger partial charge on any atom is 0.349 e. The van der Waals surface area contributed by atoms with Gasteiger partial charge in [0.15, 0.2) is 11.5 Å². The Balaban J connectivity index is 1.28. The lowest BCUT2D eigenvalue weighted by molar-refractivity contribution is 0.102. The van der Waals surface area contributed by atoms with Crippen LogP contribution in [-0.2, 0) is 0 Å². The maximum absolute atomic E-state index is 13.3. The molecule has 0 saturated carbocycles. The van der Waals surface area contributed by atoms with Gasteiger partial charge in [-0.05, 0) is 29.8 Å². The molecule has 0 atom stereocenters. The van der Waals surface area contributed by atoms with Crippen molar-refractivity contribution in [2.24, 2.45) is 0 Å². The van der Waals surface area contributed by atoms with E-state index in [-0.39, 0.29) is 12.4 Å². The largest absolute Gasteiger partial charge is 0.454 e. The molecular formula is C26H16N4O5S. The molecule has 0 saturated heterocycles. The number of carbonyl (C=O) groups is 1. The molecule has 176 valence electrons. The van der Waals surface area contributed by atoms with Gasteiger partial charge in [0.1, 0.15) is 17.0 Å². The Hall–Kier alpha value is -4.70. The molecule has 1 N–H and O–H groups in total. The summed E-state index contributed by atoms with van der Waals surface area (Å²) in [5.74, 6) is 1.09. The number of aromatic nitrogens is 3. The Kier molecular flexibility index (Phi) is 4.39. The van der Waals surface area contributed by atoms with Crippen LogP contribution in [0.15, 0.2) is 69.9 Å². The van der Waals surface area contributed by atoms with E-state index in [4.69, 9.17) is 13.9 Å². The van der Waals surface area contributed by atoms with Crippen LogP contribution in [0, 0.1) is 6.92 Å². The highest BCUT2D eigenvalue weighted by atomic mass is 32.1. The van der Waals surface area contributed by atoms with Crippen LogP contribution < -0.4 is 20.4 Å². The number of benzene rings is 3. The fourth-order valence-corrected chi connectivity index (χ4v) is 5.29. The number of thiazole rings is 1. The average molecular weight is 497 g/mol. The minimum Gasteiger partial charge on any atom is -0.454 e. The molecule has 0 radical (unpaired) electrons. The zero-order chi connectivity index (χ0) is 24.4. The van der Waals surface area contributed by atoms with Crippen LogP contribution in [0.1, 0.15) is 16.1 Å². The molecule has 36 heavy (non-hydrogen) atoms. The minimum absolute atomic E-state index is 0.0979. The molecule has 0 fully saturated rings. The first-order chi connectivity index (χ1) is 17.5. The molecule has 3 aromatic carbocycles. The summed E-state index contributed by atoms with van der Waals surface area (Å²) in [4.78, 5) is 30.6. The van der Waals surface area contributed by atoms with E-state index in [1.807, 2.05) is 49.4 Å². The number of amides is 1. The summed E-state index contributed by atoms with van der Waals surface area (Å²) in [6.07, 6.45) is 0. The molecule has 1 aliphatic rings. The van der Waals surface area contributed by atoms with Gasteiger partial charge >= 0.3 is 5.63 Å². The Morgan fingerprint density at radius 2 is 1.86 bits per heavy atom. The molecule has 3 aromatic heterocycles. The fourth-order valence-electron chi connectivity index (χ4n) is 4.34. The number of nitrogens with zero attached hydrogens (tertiary/aromatic N) is 3. The first kappa shape index (κ1) is 20.7. The number of hydrogen-bond donors (Lipinski definition) is 1. The van der Waals surface area contributed by atoms with Crippen molar-refractivity contribution in [1.82, 2.24) is 14.8 Å². The minimum atomic E-state index is -0.715. The van der Waals surface area contributed by atoms with E-state index >= 15 is 0 Å². The van der Waals surface area contributed by atoms with Crippen molar-refractivity contribution < 1.29 is 18.7 Å². The van der Waals surface area contributed by atoms with Crippen LogP contribution in [0.5, 0.6) is 11.5 Å². The molecular weight excluding hydrogens is 480 g/mol. The molecule has 6 aromatic rings. The third-order valence-corrected chi connectivity index (χ3v) is 7.01. The molecule has 0 unspecified atom stereocenters. The van der Waals surface area contributed by atoms with Crippen LogP contribution in [0.4, 0.5) is 5.82 Å². The Morgan fingerprint density at radius 3 is 2.75 bits per heavy atom. The van der Waals surface area contributed by atoms with Gasteiger partial charge in [0, 0.05) is 23.6 Å². The first-order valence-electron chi connectivity index (χ1n) is 11.1. The second kappa shape index (κ2) is 7.65. The summed E-state index contributed by atoms with van der Waals surface area (Å²) in [7, 11) is 0. The van der Waals surface area contributed by atoms with Crippen molar-refractivity contribution in [2.45, 2.75) is 6.92 Å². The number of nitrogens with one attached hydrogen (secondary N) is 1. The van der Waals surface area contributed by atoms with Crippen LogP contribution in [0.3, 0.4) is 0 Å². The molecule has 1 amide bonds. The van der Waals surface area contributed by atoms with Gasteiger partial charge in [-0.2, -0.15) is 9.78 Å². The number of ether oxygens (including phenoxy) is 2. The summed E-state index contributed by atoms with van der Waals surface area (Å²) in [6, 6.07) is 18.3. The molecule has 0 aliphatic carbocycles. The van der Waals surface area contributed by atoms with Gasteiger partial charge in [-0.1, -0.05) is 41.7 Å². The van der Waals surface area contributed by atoms with Crippen molar-refractivity contribution in [2.75, 3.05) is 12.1 Å². The number of carbonyl (C=O) groups excluding carboxylic acids is 1. The maximum atomic E-state index is 13.3. The van der Waals surface area contributed by atoms with Crippen molar-refractivity contribution in [3.63, 3.8) is 0 Å². The van der Waals surface area contributed by atoms with Gasteiger partial charge in [-0.25, -0.2) is 9.78 Å². The lowest BCUT2D eigenvalue weighted by Crippen LogP contribution is -2.22. The normalized spacial score (nSPS) is 12.6. The van der Waals surface area contributed by atoms with E-state index in [1.54, 1.807) is 22.9 Å². The van der Waals surface area contributed by atoms with Gasteiger partial charge in [0.05, 0.1) is 15.9 Å². The van der Waals surface area contributed by atoms with Crippen molar-refractivity contribution in [3.05, 3.63) is 82.3 Å². The monoisotopic (exact) mass is 496 g/mol. The zero-order valence-corrected chi connectivity index (χ0v) is 19.6. The topological polar surface area (TPSA) is 108 Å². The quantitative estimate of drug-likeness (QED) is 0.270. The molecule has 0 bridgehead atoms. The standard InChI is InChI=1S/C26H16N4O5S/c1-13-8-23(30(29-13)26-27-18-10-20-21(34-12-33-20)11-22(18)36-26)28-24(31)17-9-16-15-5-3-2-4-14(15)6-7-19(16)35-25(17)32/h2-11H,12H2,1H3,(H,28,31). The Labute approximate surface area is 206 Å². The summed E-state index contributed by atoms with van der Waals surface area (Å²) < 4.78 is 18.8. The number of fused-ring (bicyclic) bond motifs is 5. The van der Waals surface area contributed by atoms with E-state index < -0.39 is 11.5 Å².